The lowest BCUT2D eigenvalue weighted by molar-refractivity contribution is 0.980. The molecule has 0 radical (unpaired) electrons. The number of nitrogens with two attached hydrogens (primary N) is 3. The molecule has 12 rings (SSSR count). The Kier molecular flexibility index (Phi) is 30.3. The zero-order valence-electron chi connectivity index (χ0n) is 53.7. The molecule has 30 nitrogen and oxygen atoms in total. The van der Waals surface area contributed by atoms with E-state index in [1.54, 1.807) is 35.2 Å². The van der Waals surface area contributed by atoms with Crippen molar-refractivity contribution in [3.63, 3.8) is 0 Å². The van der Waals surface area contributed by atoms with Crippen LogP contribution in [0.4, 0.5) is 82.8 Å². The minimum Gasteiger partial charge on any atom is -0.368 e. The summed E-state index contributed by atoms with van der Waals surface area (Å²) < 4.78 is 0. The van der Waals surface area contributed by atoms with Gasteiger partial charge in [-0.3, -0.25) is 0 Å². The number of halogens is 9. The van der Waals surface area contributed by atoms with Crippen LogP contribution in [0.5, 0.6) is 0 Å². The van der Waals surface area contributed by atoms with Crippen LogP contribution in [0.25, 0.3) is 0 Å². The van der Waals surface area contributed by atoms with E-state index in [0.717, 1.165) is 58.0 Å². The van der Waals surface area contributed by atoms with Gasteiger partial charge in [0.15, 0.2) is 0 Å². The minimum absolute atomic E-state index is 0.263. The number of benzene rings is 6. The first kappa shape index (κ1) is 76.7. The number of nitrogens with zero attached hydrogens (tertiary/aromatic N) is 15. The number of aromatic nitrogens is 18. The molecule has 0 saturated heterocycles. The van der Waals surface area contributed by atoms with Crippen LogP contribution in [0.1, 0.15) is 22.3 Å². The van der Waals surface area contributed by atoms with Crippen molar-refractivity contribution in [2.45, 2.75) is 25.9 Å². The highest BCUT2D eigenvalue weighted by atomic mass is 35.5. The highest BCUT2D eigenvalue weighted by Crippen LogP contribution is 2.28. The Bertz CT molecular complexity index is 4400. The average molecular weight is 1530 g/mol. The molecule has 0 spiro atoms. The molecule has 0 bridgehead atoms. The van der Waals surface area contributed by atoms with Crippen molar-refractivity contribution in [1.29, 1.82) is 0 Å². The molecule has 18 N–H and O–H groups in total. The topological polar surface area (TPSA) is 409 Å². The smallest absolute Gasteiger partial charge is 0.248 e. The van der Waals surface area contributed by atoms with Gasteiger partial charge in [-0.1, -0.05) is 165 Å². The molecule has 12 aromatic rings. The van der Waals surface area contributed by atoms with Crippen LogP contribution in [-0.2, 0) is 25.9 Å². The molecular weight excluding hydrogens is 1460 g/mol. The summed E-state index contributed by atoms with van der Waals surface area (Å²) in [4.78, 5) is 29.9. The Morgan fingerprint density at radius 2 is 0.778 bits per heavy atom. The Morgan fingerprint density at radius 3 is 1.27 bits per heavy atom. The second kappa shape index (κ2) is 39.1. The van der Waals surface area contributed by atoms with Gasteiger partial charge >= 0.3 is 0 Å². The third-order valence-electron chi connectivity index (χ3n) is 12.6. The van der Waals surface area contributed by atoms with Crippen LogP contribution < -0.4 is 63.8 Å². The van der Waals surface area contributed by atoms with E-state index in [-0.39, 0.29) is 11.9 Å². The zero-order valence-corrected chi connectivity index (χ0v) is 60.5. The average Bonchev–Trinajstić information content (AvgIpc) is 1.69. The fourth-order valence-corrected chi connectivity index (χ4v) is 9.24. The van der Waals surface area contributed by atoms with Gasteiger partial charge in [-0.25, -0.2) is 30.6 Å². The van der Waals surface area contributed by atoms with Crippen LogP contribution in [0.2, 0.25) is 45.2 Å². The molecule has 0 atom stereocenters. The normalized spacial score (nSPS) is 10.3. The van der Waals surface area contributed by atoms with Crippen molar-refractivity contribution in [3.8, 4) is 0 Å². The molecule has 6 aromatic heterocycles. The second-order valence-corrected chi connectivity index (χ2v) is 24.5. The van der Waals surface area contributed by atoms with Crippen molar-refractivity contribution >= 4 is 187 Å². The number of para-hydroxylation sites is 1. The number of H-pyrrole nitrogens is 6. The van der Waals surface area contributed by atoms with Gasteiger partial charge < -0.3 is 63.8 Å². The van der Waals surface area contributed by atoms with Gasteiger partial charge in [0.2, 0.25) is 71.4 Å². The highest BCUT2D eigenvalue weighted by molar-refractivity contribution is 6.43. The number of hydrogen-bond donors (Lipinski definition) is 15. The standard InChI is InChI=1S/C12H15Cl2N5.C11H13Cl2N5.C10H11Cl2N5.C10H12ClN5.C9H10ClN5.C8H8ClN5/c1-19(2)12-16-11(17-18-12)15-6-5-8-3-4-9(13)10(14)7-8;1-18(2)11-15-10(16-17-11)14-6-7-3-4-8(12)9(13)5-7;1-17(2)10-14-9(15-16-10)13-6-3-4-7(11)8(12)5-6;11-8-4-2-1-3-7(8)5-6-13-10-14-9(12)15-16-10;10-7-4-2-1-3-6(7)5-12-9-13-8(11)14-15-9;9-5-3-1-2-4-6(5)11-8-12-7(10)13-14-8/h3-4,7H,5-6H2,1-2H3,(H2,15,16,17,18);3-5H,6H2,1-2H3,(H2,14,15,16,17);3-5H,1-2H3,(H2,13,14,15,16);1-4H,5-6H2,(H4,12,13,14,15,16);1-4H,5H2,(H4,11,12,13,14,15);1-4H,(H4,10,11,12,13,14). The number of aromatic amines is 6. The van der Waals surface area contributed by atoms with Gasteiger partial charge in [-0.2, -0.15) is 29.9 Å². The molecule has 0 fully saturated rings. The Hall–Kier alpha value is -9.63. The summed E-state index contributed by atoms with van der Waals surface area (Å²) in [5.74, 6) is 5.93. The van der Waals surface area contributed by atoms with Gasteiger partial charge in [0.05, 0.1) is 40.8 Å². The maximum absolute atomic E-state index is 6.02. The summed E-state index contributed by atoms with van der Waals surface area (Å²) in [6.45, 7) is 2.61. The van der Waals surface area contributed by atoms with Crippen molar-refractivity contribution in [3.05, 3.63) is 195 Å². The summed E-state index contributed by atoms with van der Waals surface area (Å²) in [5, 5.41) is 63.4. The summed E-state index contributed by atoms with van der Waals surface area (Å²) in [5.41, 5.74) is 21.9. The molecule has 0 saturated carbocycles. The van der Waals surface area contributed by atoms with E-state index in [1.807, 2.05) is 149 Å². The first-order chi connectivity index (χ1) is 47.4. The van der Waals surface area contributed by atoms with Gasteiger partial charge in [0.1, 0.15) is 0 Å². The van der Waals surface area contributed by atoms with Crippen molar-refractivity contribution in [1.82, 2.24) is 91.1 Å². The molecule has 0 aliphatic rings. The molecule has 6 heterocycles. The number of nitrogen functional groups attached to an aromatic ring is 3. The van der Waals surface area contributed by atoms with E-state index in [9.17, 15) is 0 Å². The van der Waals surface area contributed by atoms with Crippen LogP contribution in [-0.4, -0.2) is 146 Å². The van der Waals surface area contributed by atoms with Crippen LogP contribution >= 0.6 is 104 Å². The monoisotopic (exact) mass is 1520 g/mol. The number of nitrogens with one attached hydrogen (secondary N) is 12. The van der Waals surface area contributed by atoms with Gasteiger partial charge in [-0.15, -0.1) is 30.6 Å². The summed E-state index contributed by atoms with van der Waals surface area (Å²) in [6.07, 6.45) is 1.64. The first-order valence-electron chi connectivity index (χ1n) is 29.3. The van der Waals surface area contributed by atoms with Gasteiger partial charge in [0, 0.05) is 84.2 Å². The second-order valence-electron chi connectivity index (χ2n) is 20.9. The number of hydrogen-bond acceptors (Lipinski definition) is 24. The fourth-order valence-electron chi connectivity index (χ4n) is 7.69. The summed E-state index contributed by atoms with van der Waals surface area (Å²) >= 11 is 53.3. The molecular formula is C60H69Cl9N30. The zero-order chi connectivity index (χ0) is 71.4. The summed E-state index contributed by atoms with van der Waals surface area (Å²) in [7, 11) is 11.3. The molecule has 522 valence electrons. The lowest BCUT2D eigenvalue weighted by Crippen LogP contribution is -2.10. The Balaban J connectivity index is 0.000000167. The molecule has 99 heavy (non-hydrogen) atoms. The van der Waals surface area contributed by atoms with Crippen molar-refractivity contribution in [2.24, 2.45) is 0 Å². The summed E-state index contributed by atoms with van der Waals surface area (Å²) in [6, 6.07) is 39.0. The molecule has 0 unspecified atom stereocenters. The maximum atomic E-state index is 6.02. The van der Waals surface area contributed by atoms with E-state index >= 15 is 0 Å². The SMILES string of the molecule is CN(C)c1n[nH]c(NCCc2ccc(Cl)c(Cl)c2)n1.CN(C)c1n[nH]c(NCc2ccc(Cl)c(Cl)c2)n1.CN(C)c1n[nH]c(Nc2ccc(Cl)c(Cl)c2)n1.Nc1nc(NCCc2ccccc2Cl)n[nH]1.Nc1nc(NCc2ccccc2Cl)n[nH]1.Nc1nc(Nc2ccccc2Cl)n[nH]1. The first-order valence-corrected chi connectivity index (χ1v) is 32.7. The minimum atomic E-state index is 0.263. The fraction of sp³-hybridized carbons (Fsp3) is 0.200. The van der Waals surface area contributed by atoms with Gasteiger partial charge in [0.25, 0.3) is 0 Å². The highest BCUT2D eigenvalue weighted by Gasteiger charge is 2.11. The Morgan fingerprint density at radius 1 is 0.343 bits per heavy atom. The van der Waals surface area contributed by atoms with E-state index in [2.05, 4.69) is 123 Å². The number of anilines is 14. The maximum Gasteiger partial charge on any atom is 0.248 e. The van der Waals surface area contributed by atoms with Crippen LogP contribution in [0.3, 0.4) is 0 Å². The molecule has 0 aliphatic carbocycles. The molecule has 39 heteroatoms. The van der Waals surface area contributed by atoms with E-state index in [1.165, 1.54) is 0 Å². The third kappa shape index (κ3) is 26.3. The van der Waals surface area contributed by atoms with Crippen molar-refractivity contribution in [2.75, 3.05) is 119 Å². The lowest BCUT2D eigenvalue weighted by Gasteiger charge is -2.05. The number of rotatable bonds is 21. The van der Waals surface area contributed by atoms with E-state index in [0.29, 0.717) is 119 Å². The van der Waals surface area contributed by atoms with Crippen molar-refractivity contribution < 1.29 is 0 Å². The van der Waals surface area contributed by atoms with Crippen LogP contribution in [0.15, 0.2) is 127 Å². The molecule has 6 aromatic carbocycles. The van der Waals surface area contributed by atoms with Gasteiger partial charge in [-0.05, 0) is 102 Å². The predicted octanol–water partition coefficient (Wildman–Crippen LogP) is 13.7. The van der Waals surface area contributed by atoms with Crippen LogP contribution in [0, 0.1) is 0 Å². The quantitative estimate of drug-likeness (QED) is 0.0318. The van der Waals surface area contributed by atoms with E-state index < -0.39 is 0 Å². The molecule has 0 aliphatic heterocycles. The third-order valence-corrected chi connectivity index (χ3v) is 15.9. The predicted molar refractivity (Wildman–Crippen MR) is 404 cm³/mol. The lowest BCUT2D eigenvalue weighted by atomic mass is 10.1. The Labute approximate surface area is 613 Å². The molecule has 0 amide bonds. The largest absolute Gasteiger partial charge is 0.368 e. The van der Waals surface area contributed by atoms with E-state index in [4.69, 9.17) is 122 Å².